The summed E-state index contributed by atoms with van der Waals surface area (Å²) in [7, 11) is 0. The Morgan fingerprint density at radius 3 is 1.48 bits per heavy atom. The standard InChI is InChI=1S/C46H58N6O6/c1-33-34(2)38-18-17-37(33)41(53)15-9-25-51(27-21-47)26-10-16-42(54)39-19-20-40(46(56)50-24-30-52(28-22-48)29-23-49-45(38)55)44(58-32-36-13-7-4-8-14-36)43(39)57-31-35-11-5-3-6-12-35/h3-8,11-14,17-20H,9-10,15-16,21-32,47-48H2,1-2H3,(H,49,55)(H,50,56). The van der Waals surface area contributed by atoms with E-state index in [0.29, 0.717) is 101 Å². The molecule has 2 amide bonds. The van der Waals surface area contributed by atoms with Crippen molar-refractivity contribution in [2.75, 3.05) is 65.4 Å². The summed E-state index contributed by atoms with van der Waals surface area (Å²) in [5.41, 5.74) is 17.0. The highest BCUT2D eigenvalue weighted by Gasteiger charge is 2.25. The van der Waals surface area contributed by atoms with Gasteiger partial charge in [-0.15, -0.1) is 0 Å². The zero-order valence-corrected chi connectivity index (χ0v) is 33.9. The molecule has 8 rings (SSSR count). The molecule has 308 valence electrons. The molecule has 0 fully saturated rings. The number of ketones is 2. The van der Waals surface area contributed by atoms with Gasteiger partial charge in [-0.3, -0.25) is 24.1 Å². The first-order chi connectivity index (χ1) is 28.2. The smallest absolute Gasteiger partial charge is 0.255 e. The minimum absolute atomic E-state index is 0.0261. The van der Waals surface area contributed by atoms with Crippen LogP contribution < -0.4 is 31.6 Å². The van der Waals surface area contributed by atoms with Crippen molar-refractivity contribution in [3.63, 3.8) is 0 Å². The number of carbonyl (C=O) groups is 4. The van der Waals surface area contributed by atoms with Gasteiger partial charge in [-0.2, -0.15) is 0 Å². The van der Waals surface area contributed by atoms with Crippen LogP contribution in [-0.4, -0.2) is 98.6 Å². The predicted molar refractivity (Wildman–Crippen MR) is 227 cm³/mol. The summed E-state index contributed by atoms with van der Waals surface area (Å²) in [5.74, 6) is -0.288. The molecule has 0 unspecified atom stereocenters. The van der Waals surface area contributed by atoms with Crippen LogP contribution in [0.5, 0.6) is 11.5 Å². The SMILES string of the molecule is Cc1c2ccc(c1C)C(=O)NCCN(CCN)CCNC(=O)c1ccc(c(OCc3ccccc3)c1OCc1ccccc1)C(=O)CCCN(CCN)CCCC2=O. The Bertz CT molecular complexity index is 1850. The summed E-state index contributed by atoms with van der Waals surface area (Å²) >= 11 is 0. The number of nitrogens with two attached hydrogens (primary N) is 2. The topological polar surface area (TPSA) is 169 Å². The number of nitrogens with one attached hydrogen (secondary N) is 2. The zero-order valence-electron chi connectivity index (χ0n) is 33.9. The molecule has 0 saturated carbocycles. The average molecular weight is 791 g/mol. The van der Waals surface area contributed by atoms with Gasteiger partial charge in [0.05, 0.1) is 11.1 Å². The fraction of sp³-hybridized carbons (Fsp3) is 0.391. The van der Waals surface area contributed by atoms with Crippen LogP contribution in [0.25, 0.3) is 0 Å². The molecule has 4 aliphatic heterocycles. The van der Waals surface area contributed by atoms with E-state index in [2.05, 4.69) is 20.4 Å². The lowest BCUT2D eigenvalue weighted by atomic mass is 9.93. The second-order valence-electron chi connectivity index (χ2n) is 14.6. The molecule has 4 aromatic rings. The second kappa shape index (κ2) is 22.5. The highest BCUT2D eigenvalue weighted by Crippen LogP contribution is 2.38. The number of amides is 2. The van der Waals surface area contributed by atoms with Crippen molar-refractivity contribution in [2.24, 2.45) is 11.5 Å². The van der Waals surface area contributed by atoms with Crippen LogP contribution in [0.2, 0.25) is 0 Å². The van der Waals surface area contributed by atoms with Crippen molar-refractivity contribution in [3.8, 4) is 11.5 Å². The number of hydrogen-bond donors (Lipinski definition) is 4. The average Bonchev–Trinajstić information content (AvgIpc) is 3.23. The lowest BCUT2D eigenvalue weighted by Crippen LogP contribution is -2.41. The van der Waals surface area contributed by atoms with E-state index in [1.54, 1.807) is 24.3 Å². The van der Waals surface area contributed by atoms with Gasteiger partial charge in [-0.25, -0.2) is 0 Å². The van der Waals surface area contributed by atoms with E-state index in [0.717, 1.165) is 22.3 Å². The molecule has 6 N–H and O–H groups in total. The van der Waals surface area contributed by atoms with Gasteiger partial charge in [0, 0.05) is 76.3 Å². The van der Waals surface area contributed by atoms with Crippen molar-refractivity contribution in [2.45, 2.75) is 52.7 Å². The minimum atomic E-state index is -0.376. The summed E-state index contributed by atoms with van der Waals surface area (Å²) in [4.78, 5) is 59.0. The van der Waals surface area contributed by atoms with Crippen molar-refractivity contribution in [3.05, 3.63) is 129 Å². The maximum absolute atomic E-state index is 14.1. The van der Waals surface area contributed by atoms with Crippen LogP contribution >= 0.6 is 0 Å². The van der Waals surface area contributed by atoms with Crippen LogP contribution in [0.4, 0.5) is 0 Å². The number of benzene rings is 4. The van der Waals surface area contributed by atoms with E-state index in [-0.39, 0.29) is 60.1 Å². The minimum Gasteiger partial charge on any atom is -0.484 e. The molecule has 4 aliphatic rings. The number of nitrogens with zero attached hydrogens (tertiary/aromatic N) is 2. The van der Waals surface area contributed by atoms with Gasteiger partial charge in [0.1, 0.15) is 13.2 Å². The van der Waals surface area contributed by atoms with Crippen LogP contribution in [0.15, 0.2) is 84.9 Å². The quantitative estimate of drug-likeness (QED) is 0.170. The lowest BCUT2D eigenvalue weighted by molar-refractivity contribution is 0.0932. The molecule has 0 atom stereocenters. The van der Waals surface area contributed by atoms with E-state index in [4.69, 9.17) is 20.9 Å². The van der Waals surface area contributed by atoms with Crippen LogP contribution in [-0.2, 0) is 13.2 Å². The van der Waals surface area contributed by atoms with E-state index in [9.17, 15) is 19.2 Å². The fourth-order valence-corrected chi connectivity index (χ4v) is 7.15. The Morgan fingerprint density at radius 1 is 0.534 bits per heavy atom. The highest BCUT2D eigenvalue weighted by molar-refractivity contribution is 6.04. The molecule has 4 bridgehead atoms. The van der Waals surface area contributed by atoms with E-state index < -0.39 is 0 Å². The largest absolute Gasteiger partial charge is 0.484 e. The van der Waals surface area contributed by atoms with Gasteiger partial charge in [0.15, 0.2) is 23.1 Å². The summed E-state index contributed by atoms with van der Waals surface area (Å²) in [6.45, 7) is 8.97. The third-order valence-electron chi connectivity index (χ3n) is 10.5. The van der Waals surface area contributed by atoms with Gasteiger partial charge >= 0.3 is 0 Å². The van der Waals surface area contributed by atoms with Crippen LogP contribution in [0.3, 0.4) is 0 Å². The Morgan fingerprint density at radius 2 is 0.948 bits per heavy atom. The molecule has 0 radical (unpaired) electrons. The van der Waals surface area contributed by atoms with Gasteiger partial charge in [-0.1, -0.05) is 66.7 Å². The Kier molecular flexibility index (Phi) is 17.0. The molecular weight excluding hydrogens is 733 g/mol. The first-order valence-corrected chi connectivity index (χ1v) is 20.3. The number of hydrogen-bond acceptors (Lipinski definition) is 10. The van der Waals surface area contributed by atoms with Crippen molar-refractivity contribution in [1.82, 2.24) is 20.4 Å². The maximum atomic E-state index is 14.1. The Hall–Kier alpha value is -5.40. The highest BCUT2D eigenvalue weighted by atomic mass is 16.5. The Balaban J connectivity index is 1.45. The molecule has 58 heavy (non-hydrogen) atoms. The molecule has 4 heterocycles. The maximum Gasteiger partial charge on any atom is 0.255 e. The second-order valence-corrected chi connectivity index (χ2v) is 14.6. The first kappa shape index (κ1) is 43.7. The van der Waals surface area contributed by atoms with Crippen LogP contribution in [0.1, 0.15) is 89.4 Å². The van der Waals surface area contributed by atoms with Crippen molar-refractivity contribution in [1.29, 1.82) is 0 Å². The van der Waals surface area contributed by atoms with Crippen molar-refractivity contribution >= 4 is 23.4 Å². The number of rotatable bonds is 10. The van der Waals surface area contributed by atoms with E-state index in [1.165, 1.54) is 0 Å². The van der Waals surface area contributed by atoms with Crippen molar-refractivity contribution < 1.29 is 28.7 Å². The van der Waals surface area contributed by atoms with Gasteiger partial charge in [0.25, 0.3) is 11.8 Å². The number of carbonyl (C=O) groups excluding carboxylic acids is 4. The third-order valence-corrected chi connectivity index (χ3v) is 10.5. The summed E-state index contributed by atoms with van der Waals surface area (Å²) in [5, 5.41) is 6.04. The predicted octanol–water partition coefficient (Wildman–Crippen LogP) is 5.08. The summed E-state index contributed by atoms with van der Waals surface area (Å²) in [6, 6.07) is 26.0. The fourth-order valence-electron chi connectivity index (χ4n) is 7.15. The molecule has 0 aromatic heterocycles. The molecule has 0 aliphatic carbocycles. The molecule has 12 heteroatoms. The Labute approximate surface area is 342 Å². The number of Topliss-reactive ketones (excluding diaryl/α,β-unsaturated/α-hetero) is 2. The van der Waals surface area contributed by atoms with Crippen LogP contribution in [0, 0.1) is 13.8 Å². The molecular formula is C46H58N6O6. The lowest BCUT2D eigenvalue weighted by Gasteiger charge is -2.23. The first-order valence-electron chi connectivity index (χ1n) is 20.3. The normalized spacial score (nSPS) is 15.9. The molecule has 12 nitrogen and oxygen atoms in total. The summed E-state index contributed by atoms with van der Waals surface area (Å²) in [6.07, 6.45) is 1.74. The van der Waals surface area contributed by atoms with E-state index in [1.807, 2.05) is 74.5 Å². The van der Waals surface area contributed by atoms with E-state index >= 15 is 0 Å². The summed E-state index contributed by atoms with van der Waals surface area (Å²) < 4.78 is 12.9. The van der Waals surface area contributed by atoms with Gasteiger partial charge in [0.2, 0.25) is 0 Å². The number of ether oxygens (including phenoxy) is 2. The third kappa shape index (κ3) is 12.3. The molecule has 4 aromatic carbocycles. The molecule has 0 saturated heterocycles. The van der Waals surface area contributed by atoms with Gasteiger partial charge in [-0.05, 0) is 80.2 Å². The van der Waals surface area contributed by atoms with Gasteiger partial charge < -0.3 is 36.5 Å². The monoisotopic (exact) mass is 790 g/mol. The molecule has 0 spiro atoms. The zero-order chi connectivity index (χ0) is 41.3.